The second-order valence-electron chi connectivity index (χ2n) is 11.9. The van der Waals surface area contributed by atoms with E-state index in [4.69, 9.17) is 0 Å². The van der Waals surface area contributed by atoms with Gasteiger partial charge in [-0.2, -0.15) is 0 Å². The SMILES string of the molecule is C[C@H]1C[C@@H](O)[C@@]23C1=C[C@@]1(C)CC[C@](C)(C[C@H](O)C(=O)C(C)(O)CO)[C@H]1[C@@H]2CC[C@@H]3C. The Kier molecular flexibility index (Phi) is 5.14. The van der Waals surface area contributed by atoms with Crippen molar-refractivity contribution < 1.29 is 25.2 Å². The highest BCUT2D eigenvalue weighted by atomic mass is 16.3. The Morgan fingerprint density at radius 2 is 1.93 bits per heavy atom. The van der Waals surface area contributed by atoms with Crippen LogP contribution in [0.3, 0.4) is 0 Å². The van der Waals surface area contributed by atoms with Crippen LogP contribution in [0.1, 0.15) is 73.1 Å². The van der Waals surface area contributed by atoms with Crippen LogP contribution < -0.4 is 0 Å². The van der Waals surface area contributed by atoms with Gasteiger partial charge in [0.15, 0.2) is 5.78 Å². The van der Waals surface area contributed by atoms with E-state index >= 15 is 0 Å². The molecular weight excluding hydrogens is 380 g/mol. The fourth-order valence-electron chi connectivity index (χ4n) is 8.66. The van der Waals surface area contributed by atoms with Crippen molar-refractivity contribution in [3.05, 3.63) is 11.6 Å². The molecule has 0 saturated heterocycles. The van der Waals surface area contributed by atoms with Crippen LogP contribution in [0.25, 0.3) is 0 Å². The van der Waals surface area contributed by atoms with E-state index in [9.17, 15) is 25.2 Å². The maximum Gasteiger partial charge on any atom is 0.194 e. The molecule has 0 aromatic rings. The summed E-state index contributed by atoms with van der Waals surface area (Å²) in [6.45, 7) is 9.63. The smallest absolute Gasteiger partial charge is 0.194 e. The Morgan fingerprint density at radius 1 is 1.27 bits per heavy atom. The molecule has 3 saturated carbocycles. The van der Waals surface area contributed by atoms with Crippen molar-refractivity contribution in [2.75, 3.05) is 6.61 Å². The first-order valence-corrected chi connectivity index (χ1v) is 11.8. The predicted octanol–water partition coefficient (Wildman–Crippen LogP) is 2.85. The third-order valence-electron chi connectivity index (χ3n) is 9.88. The molecule has 5 heteroatoms. The van der Waals surface area contributed by atoms with Gasteiger partial charge in [-0.05, 0) is 80.0 Å². The molecule has 30 heavy (non-hydrogen) atoms. The number of carbonyl (C=O) groups is 1. The molecule has 170 valence electrons. The average molecular weight is 421 g/mol. The highest BCUT2D eigenvalue weighted by Gasteiger charge is 2.69. The van der Waals surface area contributed by atoms with Crippen molar-refractivity contribution in [2.24, 2.45) is 39.9 Å². The van der Waals surface area contributed by atoms with E-state index in [1.807, 2.05) is 0 Å². The Bertz CT molecular complexity index is 759. The summed E-state index contributed by atoms with van der Waals surface area (Å²) in [7, 11) is 0. The number of allylic oxidation sites excluding steroid dienone is 1. The molecule has 4 rings (SSSR count). The van der Waals surface area contributed by atoms with Crippen molar-refractivity contribution in [3.63, 3.8) is 0 Å². The highest BCUT2D eigenvalue weighted by molar-refractivity contribution is 5.90. The molecule has 0 aliphatic heterocycles. The monoisotopic (exact) mass is 420 g/mol. The van der Waals surface area contributed by atoms with Crippen molar-refractivity contribution in [3.8, 4) is 0 Å². The van der Waals surface area contributed by atoms with Gasteiger partial charge < -0.3 is 20.4 Å². The zero-order valence-corrected chi connectivity index (χ0v) is 19.2. The van der Waals surface area contributed by atoms with Crippen molar-refractivity contribution in [2.45, 2.75) is 91.0 Å². The van der Waals surface area contributed by atoms with Gasteiger partial charge >= 0.3 is 0 Å². The van der Waals surface area contributed by atoms with Crippen LogP contribution in [0.4, 0.5) is 0 Å². The third-order valence-corrected chi connectivity index (χ3v) is 9.88. The molecule has 0 bridgehead atoms. The molecule has 0 amide bonds. The Balaban J connectivity index is 1.73. The molecule has 0 aromatic heterocycles. The minimum atomic E-state index is -1.92. The molecule has 4 aliphatic rings. The highest BCUT2D eigenvalue weighted by Crippen LogP contribution is 2.74. The zero-order valence-electron chi connectivity index (χ0n) is 19.2. The lowest BCUT2D eigenvalue weighted by Crippen LogP contribution is -2.53. The number of carbonyl (C=O) groups excluding carboxylic acids is 1. The van der Waals surface area contributed by atoms with Gasteiger partial charge in [0, 0.05) is 5.41 Å². The van der Waals surface area contributed by atoms with Crippen LogP contribution in [-0.2, 0) is 4.79 Å². The summed E-state index contributed by atoms with van der Waals surface area (Å²) in [5, 5.41) is 41.6. The fourth-order valence-corrected chi connectivity index (χ4v) is 8.66. The fraction of sp³-hybridized carbons (Fsp3) is 0.880. The number of hydrogen-bond acceptors (Lipinski definition) is 5. The second-order valence-corrected chi connectivity index (χ2v) is 11.9. The molecule has 0 heterocycles. The minimum Gasteiger partial charge on any atom is -0.393 e. The molecule has 0 aromatic carbocycles. The Labute approximate surface area is 180 Å². The topological polar surface area (TPSA) is 98.0 Å². The Hall–Kier alpha value is -0.750. The van der Waals surface area contributed by atoms with Crippen molar-refractivity contribution in [1.29, 1.82) is 0 Å². The van der Waals surface area contributed by atoms with E-state index in [-0.39, 0.29) is 34.7 Å². The van der Waals surface area contributed by atoms with E-state index in [0.717, 1.165) is 32.1 Å². The predicted molar refractivity (Wildman–Crippen MR) is 114 cm³/mol. The van der Waals surface area contributed by atoms with E-state index in [1.54, 1.807) is 0 Å². The normalized spacial score (nSPS) is 50.3. The lowest BCUT2D eigenvalue weighted by atomic mass is 9.49. The van der Waals surface area contributed by atoms with E-state index in [2.05, 4.69) is 33.8 Å². The summed E-state index contributed by atoms with van der Waals surface area (Å²) in [5.74, 6) is 0.769. The second kappa shape index (κ2) is 6.87. The summed E-state index contributed by atoms with van der Waals surface area (Å²) in [4.78, 5) is 12.6. The lowest BCUT2D eigenvalue weighted by Gasteiger charge is -2.55. The van der Waals surface area contributed by atoms with Gasteiger partial charge in [-0.3, -0.25) is 4.79 Å². The van der Waals surface area contributed by atoms with Gasteiger partial charge in [0.1, 0.15) is 11.7 Å². The molecule has 1 spiro atoms. The first-order chi connectivity index (χ1) is 13.8. The largest absolute Gasteiger partial charge is 0.393 e. The first-order valence-electron chi connectivity index (χ1n) is 11.8. The van der Waals surface area contributed by atoms with Crippen LogP contribution >= 0.6 is 0 Å². The third kappa shape index (κ3) is 2.78. The molecule has 3 fully saturated rings. The number of hydrogen-bond donors (Lipinski definition) is 4. The van der Waals surface area contributed by atoms with Gasteiger partial charge in [-0.1, -0.05) is 39.3 Å². The van der Waals surface area contributed by atoms with Gasteiger partial charge in [0.05, 0.1) is 12.7 Å². The number of fused-ring (bicyclic) bond motifs is 2. The number of ketones is 1. The number of rotatable bonds is 5. The molecule has 0 radical (unpaired) electrons. The molecule has 4 N–H and O–H groups in total. The van der Waals surface area contributed by atoms with Crippen LogP contribution in [-0.4, -0.2) is 50.6 Å². The Morgan fingerprint density at radius 3 is 2.57 bits per heavy atom. The maximum atomic E-state index is 12.6. The van der Waals surface area contributed by atoms with Gasteiger partial charge in [-0.15, -0.1) is 0 Å². The van der Waals surface area contributed by atoms with Crippen molar-refractivity contribution in [1.82, 2.24) is 0 Å². The molecular formula is C25H40O5. The average Bonchev–Trinajstić information content (AvgIpc) is 3.23. The quantitative estimate of drug-likeness (QED) is 0.513. The van der Waals surface area contributed by atoms with Crippen LogP contribution in [0, 0.1) is 39.9 Å². The van der Waals surface area contributed by atoms with E-state index < -0.39 is 24.1 Å². The number of Topliss-reactive ketones (excluding diaryl/α,β-unsaturated/α-hetero) is 1. The molecule has 1 unspecified atom stereocenters. The van der Waals surface area contributed by atoms with Crippen LogP contribution in [0.2, 0.25) is 0 Å². The van der Waals surface area contributed by atoms with Gasteiger partial charge in [-0.25, -0.2) is 0 Å². The van der Waals surface area contributed by atoms with Gasteiger partial charge in [0.2, 0.25) is 0 Å². The summed E-state index contributed by atoms with van der Waals surface area (Å²) >= 11 is 0. The van der Waals surface area contributed by atoms with E-state index in [1.165, 1.54) is 12.5 Å². The van der Waals surface area contributed by atoms with Crippen LogP contribution in [0.15, 0.2) is 11.6 Å². The standard InChI is InChI=1S/C25H40O5/c1-14-10-19(28)25-15(2)6-7-16(25)20-22(3,11-17(14)25)8-9-23(20,4)12-18(27)21(29)24(5,30)13-26/h11,14-16,18-20,26-28,30H,6-10,12-13H2,1-5H3/t14-,15-,16-,18-,19+,20-,22+,23+,24?,25+/m0/s1. The lowest BCUT2D eigenvalue weighted by molar-refractivity contribution is -0.151. The molecule has 5 nitrogen and oxygen atoms in total. The number of aliphatic hydroxyl groups is 4. The van der Waals surface area contributed by atoms with E-state index in [0.29, 0.717) is 17.8 Å². The summed E-state index contributed by atoms with van der Waals surface area (Å²) < 4.78 is 0. The molecule has 10 atom stereocenters. The van der Waals surface area contributed by atoms with Crippen LogP contribution in [0.5, 0.6) is 0 Å². The number of aliphatic hydroxyl groups excluding tert-OH is 3. The summed E-state index contributed by atoms with van der Waals surface area (Å²) in [6, 6.07) is 0. The summed E-state index contributed by atoms with van der Waals surface area (Å²) in [6.07, 6.45) is 6.09. The maximum absolute atomic E-state index is 12.6. The molecule has 4 aliphatic carbocycles. The van der Waals surface area contributed by atoms with Crippen molar-refractivity contribution >= 4 is 5.78 Å². The zero-order chi connectivity index (χ0) is 22.3. The van der Waals surface area contributed by atoms with Gasteiger partial charge in [0.25, 0.3) is 0 Å². The minimum absolute atomic E-state index is 0.00287. The summed E-state index contributed by atoms with van der Waals surface area (Å²) in [5.41, 5.74) is -0.876. The first kappa shape index (κ1) is 22.4.